The average Bonchev–Trinajstić information content (AvgIpc) is 2.51. The summed E-state index contributed by atoms with van der Waals surface area (Å²) in [5, 5.41) is 7.07. The van der Waals surface area contributed by atoms with Crippen molar-refractivity contribution in [3.63, 3.8) is 0 Å². The molecule has 96 valence electrons. The van der Waals surface area contributed by atoms with Crippen LogP contribution in [0.1, 0.15) is 52.4 Å². The van der Waals surface area contributed by atoms with Gasteiger partial charge in [-0.1, -0.05) is 39.5 Å². The molecule has 0 heterocycles. The summed E-state index contributed by atoms with van der Waals surface area (Å²) >= 11 is 0. The van der Waals surface area contributed by atoms with Gasteiger partial charge in [0.25, 0.3) is 0 Å². The first-order chi connectivity index (χ1) is 7.79. The van der Waals surface area contributed by atoms with Crippen LogP contribution in [0.15, 0.2) is 0 Å². The van der Waals surface area contributed by atoms with Gasteiger partial charge in [-0.3, -0.25) is 0 Å². The molecule has 1 aliphatic carbocycles. The first-order valence-electron chi connectivity index (χ1n) is 7.20. The summed E-state index contributed by atoms with van der Waals surface area (Å²) < 4.78 is 0. The topological polar surface area (TPSA) is 24.1 Å². The molecule has 0 radical (unpaired) electrons. The Balaban J connectivity index is 1.89. The maximum Gasteiger partial charge on any atom is 0.00768 e. The molecular weight excluding hydrogens is 196 g/mol. The van der Waals surface area contributed by atoms with Gasteiger partial charge in [-0.2, -0.15) is 0 Å². The Kier molecular flexibility index (Phi) is 7.87. The fourth-order valence-electron chi connectivity index (χ4n) is 2.44. The lowest BCUT2D eigenvalue weighted by Gasteiger charge is -2.15. The van der Waals surface area contributed by atoms with Crippen molar-refractivity contribution < 1.29 is 0 Å². The van der Waals surface area contributed by atoms with Gasteiger partial charge < -0.3 is 10.6 Å². The highest BCUT2D eigenvalue weighted by atomic mass is 14.9. The Labute approximate surface area is 102 Å². The molecule has 0 spiro atoms. The molecule has 1 rings (SSSR count). The van der Waals surface area contributed by atoms with Gasteiger partial charge in [0.15, 0.2) is 0 Å². The molecule has 2 nitrogen and oxygen atoms in total. The number of hydrogen-bond acceptors (Lipinski definition) is 2. The van der Waals surface area contributed by atoms with Crippen LogP contribution < -0.4 is 10.6 Å². The predicted octanol–water partition coefficient (Wildman–Crippen LogP) is 2.79. The molecule has 1 saturated carbocycles. The summed E-state index contributed by atoms with van der Waals surface area (Å²) in [6.45, 7) is 9.14. The predicted molar refractivity (Wildman–Crippen MR) is 71.8 cm³/mol. The van der Waals surface area contributed by atoms with Crippen LogP contribution in [0, 0.1) is 11.8 Å². The smallest absolute Gasteiger partial charge is 0.00768 e. The third-order valence-corrected chi connectivity index (χ3v) is 3.44. The molecule has 2 heteroatoms. The number of hydrogen-bond donors (Lipinski definition) is 2. The maximum atomic E-state index is 3.59. The van der Waals surface area contributed by atoms with E-state index in [9.17, 15) is 0 Å². The van der Waals surface area contributed by atoms with E-state index < -0.39 is 0 Å². The molecule has 16 heavy (non-hydrogen) atoms. The lowest BCUT2D eigenvalue weighted by Crippen LogP contribution is -2.32. The Hall–Kier alpha value is -0.0800. The maximum absolute atomic E-state index is 3.59. The monoisotopic (exact) mass is 226 g/mol. The summed E-state index contributed by atoms with van der Waals surface area (Å²) in [6, 6.07) is 0. The van der Waals surface area contributed by atoms with E-state index in [-0.39, 0.29) is 0 Å². The third kappa shape index (κ3) is 7.24. The highest BCUT2D eigenvalue weighted by Gasteiger charge is 2.10. The van der Waals surface area contributed by atoms with Crippen molar-refractivity contribution in [1.29, 1.82) is 0 Å². The lowest BCUT2D eigenvalue weighted by atomic mass is 10.0. The van der Waals surface area contributed by atoms with Crippen LogP contribution in [0.5, 0.6) is 0 Å². The molecule has 0 aliphatic heterocycles. The summed E-state index contributed by atoms with van der Waals surface area (Å²) in [4.78, 5) is 0. The number of rotatable bonds is 7. The molecule has 0 aromatic heterocycles. The molecular formula is C14H30N2. The second-order valence-corrected chi connectivity index (χ2v) is 5.66. The molecule has 2 N–H and O–H groups in total. The second kappa shape index (κ2) is 9.00. The van der Waals surface area contributed by atoms with Crippen molar-refractivity contribution in [2.45, 2.75) is 52.4 Å². The molecule has 0 amide bonds. The minimum atomic E-state index is 0.766. The highest BCUT2D eigenvalue weighted by molar-refractivity contribution is 4.67. The molecule has 1 fully saturated rings. The van der Waals surface area contributed by atoms with Crippen LogP contribution in [0.4, 0.5) is 0 Å². The van der Waals surface area contributed by atoms with Crippen molar-refractivity contribution in [3.8, 4) is 0 Å². The van der Waals surface area contributed by atoms with Crippen LogP contribution >= 0.6 is 0 Å². The summed E-state index contributed by atoms with van der Waals surface area (Å²) in [5.41, 5.74) is 0. The van der Waals surface area contributed by atoms with Gasteiger partial charge in [0.2, 0.25) is 0 Å². The Morgan fingerprint density at radius 2 is 1.56 bits per heavy atom. The van der Waals surface area contributed by atoms with Crippen molar-refractivity contribution >= 4 is 0 Å². The van der Waals surface area contributed by atoms with Gasteiger partial charge in [-0.15, -0.1) is 0 Å². The van der Waals surface area contributed by atoms with Crippen LogP contribution in [-0.4, -0.2) is 26.2 Å². The minimum Gasteiger partial charge on any atom is -0.315 e. The van der Waals surface area contributed by atoms with E-state index in [1.165, 1.54) is 45.1 Å². The van der Waals surface area contributed by atoms with Gasteiger partial charge in [0, 0.05) is 13.1 Å². The average molecular weight is 226 g/mol. The molecule has 0 aromatic rings. The van der Waals surface area contributed by atoms with E-state index in [4.69, 9.17) is 0 Å². The second-order valence-electron chi connectivity index (χ2n) is 5.66. The lowest BCUT2D eigenvalue weighted by molar-refractivity contribution is 0.421. The number of nitrogens with one attached hydrogen (secondary N) is 2. The van der Waals surface area contributed by atoms with E-state index in [2.05, 4.69) is 24.5 Å². The van der Waals surface area contributed by atoms with E-state index in [1.54, 1.807) is 0 Å². The summed E-state index contributed by atoms with van der Waals surface area (Å²) in [5.74, 6) is 1.72. The molecule has 1 aliphatic rings. The van der Waals surface area contributed by atoms with E-state index >= 15 is 0 Å². The van der Waals surface area contributed by atoms with Gasteiger partial charge in [-0.05, 0) is 37.8 Å². The summed E-state index contributed by atoms with van der Waals surface area (Å²) in [6.07, 6.45) is 8.74. The van der Waals surface area contributed by atoms with E-state index in [0.717, 1.165) is 31.5 Å². The highest BCUT2D eigenvalue weighted by Crippen LogP contribution is 2.21. The zero-order chi connectivity index (χ0) is 11.6. The third-order valence-electron chi connectivity index (χ3n) is 3.44. The molecule has 0 aromatic carbocycles. The Morgan fingerprint density at radius 1 is 0.938 bits per heavy atom. The fourth-order valence-corrected chi connectivity index (χ4v) is 2.44. The fraction of sp³-hybridized carbons (Fsp3) is 1.00. The van der Waals surface area contributed by atoms with Crippen LogP contribution in [0.2, 0.25) is 0 Å². The SMILES string of the molecule is CC(C)CNCCNCC1CCCCCC1. The van der Waals surface area contributed by atoms with Gasteiger partial charge >= 0.3 is 0 Å². The first kappa shape index (κ1) is 14.0. The minimum absolute atomic E-state index is 0.766. The van der Waals surface area contributed by atoms with Gasteiger partial charge in [0.05, 0.1) is 0 Å². The largest absolute Gasteiger partial charge is 0.315 e. The van der Waals surface area contributed by atoms with Crippen molar-refractivity contribution in [2.75, 3.05) is 26.2 Å². The van der Waals surface area contributed by atoms with Crippen LogP contribution in [-0.2, 0) is 0 Å². The first-order valence-corrected chi connectivity index (χ1v) is 7.20. The molecule has 0 atom stereocenters. The molecule has 0 bridgehead atoms. The quantitative estimate of drug-likeness (QED) is 0.515. The van der Waals surface area contributed by atoms with Crippen LogP contribution in [0.25, 0.3) is 0 Å². The van der Waals surface area contributed by atoms with Crippen molar-refractivity contribution in [1.82, 2.24) is 10.6 Å². The van der Waals surface area contributed by atoms with Gasteiger partial charge in [-0.25, -0.2) is 0 Å². The molecule has 0 unspecified atom stereocenters. The zero-order valence-corrected chi connectivity index (χ0v) is 11.2. The standard InChI is InChI=1S/C14H30N2/c1-13(2)11-15-9-10-16-12-14-7-5-3-4-6-8-14/h13-16H,3-12H2,1-2H3. The van der Waals surface area contributed by atoms with Gasteiger partial charge in [0.1, 0.15) is 0 Å². The Bertz CT molecular complexity index is 149. The van der Waals surface area contributed by atoms with Crippen molar-refractivity contribution in [2.24, 2.45) is 11.8 Å². The summed E-state index contributed by atoms with van der Waals surface area (Å²) in [7, 11) is 0. The van der Waals surface area contributed by atoms with Crippen molar-refractivity contribution in [3.05, 3.63) is 0 Å². The van der Waals surface area contributed by atoms with E-state index in [1.807, 2.05) is 0 Å². The Morgan fingerprint density at radius 3 is 2.19 bits per heavy atom. The normalized spacial score (nSPS) is 18.9. The van der Waals surface area contributed by atoms with E-state index in [0.29, 0.717) is 0 Å². The zero-order valence-electron chi connectivity index (χ0n) is 11.2. The molecule has 0 saturated heterocycles. The van der Waals surface area contributed by atoms with Crippen LogP contribution in [0.3, 0.4) is 0 Å².